The molecule has 1 aromatic carbocycles. The number of allylic oxidation sites excluding steroid dienone is 2. The zero-order valence-corrected chi connectivity index (χ0v) is 14.6. The smallest absolute Gasteiger partial charge is 0.169 e. The van der Waals surface area contributed by atoms with Crippen molar-refractivity contribution < 1.29 is 33.7 Å². The van der Waals surface area contributed by atoms with Gasteiger partial charge in [-0.3, -0.25) is 9.79 Å². The average molecular weight is 378 g/mol. The molecule has 3 rings (SSSR count). The Morgan fingerprint density at radius 2 is 1.96 bits per heavy atom. The van der Waals surface area contributed by atoms with E-state index in [9.17, 15) is 4.79 Å². The summed E-state index contributed by atoms with van der Waals surface area (Å²) in [6.07, 6.45) is 6.03. The molecule has 0 spiro atoms. The Bertz CT molecular complexity index is 797. The van der Waals surface area contributed by atoms with E-state index in [2.05, 4.69) is 11.1 Å². The van der Waals surface area contributed by atoms with E-state index in [-0.39, 0.29) is 11.7 Å². The van der Waals surface area contributed by atoms with Gasteiger partial charge in [-0.1, -0.05) is 12.1 Å². The molecule has 1 atom stereocenters. The highest BCUT2D eigenvalue weighted by Crippen LogP contribution is 2.20. The predicted octanol–water partition coefficient (Wildman–Crippen LogP) is -1.58. The number of carbonyl (C=O) groups excluding carboxylic acids is 1. The molecule has 2 aliphatic rings. The summed E-state index contributed by atoms with van der Waals surface area (Å²) >= 11 is 0. The van der Waals surface area contributed by atoms with Crippen molar-refractivity contribution in [3.63, 3.8) is 0 Å². The zero-order valence-electron chi connectivity index (χ0n) is 13.8. The van der Waals surface area contributed by atoms with Crippen LogP contribution in [0.4, 0.5) is 0 Å². The lowest BCUT2D eigenvalue weighted by Gasteiger charge is -2.31. The molecule has 8 nitrogen and oxygen atoms in total. The third-order valence-electron chi connectivity index (χ3n) is 3.73. The van der Waals surface area contributed by atoms with Crippen LogP contribution >= 0.6 is 0 Å². The Morgan fingerprint density at radius 3 is 2.54 bits per heavy atom. The highest BCUT2D eigenvalue weighted by atomic mass is 35.7. The monoisotopic (exact) mass is 377 g/mol. The van der Waals surface area contributed by atoms with Gasteiger partial charge < -0.3 is 4.90 Å². The third kappa shape index (κ3) is 5.77. The Kier molecular flexibility index (Phi) is 6.26. The van der Waals surface area contributed by atoms with Crippen LogP contribution in [-0.2, 0) is 0 Å². The lowest BCUT2D eigenvalue weighted by molar-refractivity contribution is -1.92. The summed E-state index contributed by atoms with van der Waals surface area (Å²) in [5.41, 5.74) is 2.38. The molecular weight excluding hydrogens is 362 g/mol. The van der Waals surface area contributed by atoms with Gasteiger partial charge in [0.05, 0.1) is 39.0 Å². The van der Waals surface area contributed by atoms with Crippen molar-refractivity contribution in [1.82, 2.24) is 4.90 Å². The number of aliphatic imine (C=N–C) groups is 1. The first-order chi connectivity index (χ1) is 12.2. The Morgan fingerprint density at radius 1 is 1.35 bits per heavy atom. The molecule has 0 aliphatic carbocycles. The first-order valence-electron chi connectivity index (χ1n) is 7.52. The number of nitrogens with zero attached hydrogens (tertiary/aromatic N) is 3. The minimum Gasteiger partial charge on any atom is -0.333 e. The first kappa shape index (κ1) is 19.8. The van der Waals surface area contributed by atoms with E-state index in [0.29, 0.717) is 24.2 Å². The number of nitriles is 1. The maximum Gasteiger partial charge on any atom is 0.169 e. The standard InChI is InChI=1S/C17H15N3O.ClHO4/c1-12-6-7-20-11-15(10-19-16(20)8-12)17(21)14-4-2-13(9-18)3-5-14;2-1(3,4)5/h2-8,15H,10-11H2,1H3;(H,2,3,4,5). The number of hydrogen-bond donors (Lipinski definition) is 1. The SMILES string of the molecule is CC1=CC2=NCC(C(=O)c3ccc(C#N)cc3)CN2C=C1.[O-][Cl+3]([O-])([O-])O. The van der Waals surface area contributed by atoms with Crippen molar-refractivity contribution in [1.29, 1.82) is 5.26 Å². The van der Waals surface area contributed by atoms with E-state index < -0.39 is 10.2 Å². The van der Waals surface area contributed by atoms with Gasteiger partial charge in [0.2, 0.25) is 0 Å². The van der Waals surface area contributed by atoms with Gasteiger partial charge in [0.15, 0.2) is 5.78 Å². The third-order valence-corrected chi connectivity index (χ3v) is 3.73. The van der Waals surface area contributed by atoms with Gasteiger partial charge in [0.25, 0.3) is 0 Å². The summed E-state index contributed by atoms with van der Waals surface area (Å²) in [4.78, 5) is 19.0. The Balaban J connectivity index is 0.000000431. The second-order valence-electron chi connectivity index (χ2n) is 5.70. The van der Waals surface area contributed by atoms with Crippen molar-refractivity contribution in [2.45, 2.75) is 6.92 Å². The number of carbonyl (C=O) groups is 1. The van der Waals surface area contributed by atoms with Crippen molar-refractivity contribution in [2.75, 3.05) is 13.1 Å². The van der Waals surface area contributed by atoms with Crippen molar-refractivity contribution in [2.24, 2.45) is 10.9 Å². The van der Waals surface area contributed by atoms with Crippen LogP contribution in [0.2, 0.25) is 0 Å². The van der Waals surface area contributed by atoms with Crippen LogP contribution in [0.3, 0.4) is 0 Å². The van der Waals surface area contributed by atoms with E-state index in [1.165, 1.54) is 5.57 Å². The fourth-order valence-electron chi connectivity index (χ4n) is 2.52. The van der Waals surface area contributed by atoms with E-state index in [1.54, 1.807) is 24.3 Å². The molecule has 136 valence electrons. The van der Waals surface area contributed by atoms with Crippen LogP contribution in [0, 0.1) is 27.5 Å². The summed E-state index contributed by atoms with van der Waals surface area (Å²) in [7, 11) is -4.69. The number of amidine groups is 1. The number of halogens is 1. The fourth-order valence-corrected chi connectivity index (χ4v) is 2.52. The van der Waals surface area contributed by atoms with Gasteiger partial charge in [0.1, 0.15) is 5.84 Å². The van der Waals surface area contributed by atoms with Crippen molar-refractivity contribution in [3.05, 3.63) is 59.3 Å². The molecule has 2 heterocycles. The van der Waals surface area contributed by atoms with Crippen LogP contribution in [0.15, 0.2) is 53.2 Å². The molecule has 9 heteroatoms. The summed E-state index contributed by atoms with van der Waals surface area (Å²) in [5, 5.41) is 8.79. The molecule has 0 saturated heterocycles. The van der Waals surface area contributed by atoms with Gasteiger partial charge in [0, 0.05) is 18.3 Å². The molecule has 0 radical (unpaired) electrons. The van der Waals surface area contributed by atoms with Gasteiger partial charge in [-0.2, -0.15) is 19.2 Å². The Hall–Kier alpha value is -2.54. The number of ketones is 1. The fraction of sp³-hybridized carbons (Fsp3) is 0.235. The van der Waals surface area contributed by atoms with Gasteiger partial charge >= 0.3 is 0 Å². The molecule has 1 N–H and O–H groups in total. The molecule has 0 amide bonds. The molecule has 0 aromatic heterocycles. The van der Waals surface area contributed by atoms with Gasteiger partial charge in [-0.15, -0.1) is 0 Å². The normalized spacial score (nSPS) is 18.6. The topological polar surface area (TPSA) is 146 Å². The second kappa shape index (κ2) is 8.23. The number of Topliss-reactive ketones (excluding diaryl/α,β-unsaturated/α-hetero) is 1. The number of rotatable bonds is 2. The van der Waals surface area contributed by atoms with E-state index >= 15 is 0 Å². The van der Waals surface area contributed by atoms with Crippen LogP contribution < -0.4 is 14.0 Å². The van der Waals surface area contributed by atoms with Crippen LogP contribution in [-0.4, -0.2) is 34.3 Å². The summed E-state index contributed by atoms with van der Waals surface area (Å²) < 4.78 is 32.7. The van der Waals surface area contributed by atoms with Crippen LogP contribution in [0.25, 0.3) is 0 Å². The summed E-state index contributed by atoms with van der Waals surface area (Å²) in [5.74, 6) is 0.874. The molecule has 1 aromatic rings. The van der Waals surface area contributed by atoms with E-state index in [4.69, 9.17) is 23.9 Å². The number of hydrogen-bond acceptors (Lipinski definition) is 8. The predicted molar refractivity (Wildman–Crippen MR) is 83.1 cm³/mol. The van der Waals surface area contributed by atoms with Crippen LogP contribution in [0.1, 0.15) is 22.8 Å². The maximum absolute atomic E-state index is 12.5. The summed E-state index contributed by atoms with van der Waals surface area (Å²) in [6.45, 7) is 3.20. The lowest BCUT2D eigenvalue weighted by atomic mass is 9.95. The molecule has 0 bridgehead atoms. The second-order valence-corrected chi connectivity index (χ2v) is 6.49. The largest absolute Gasteiger partial charge is 0.333 e. The minimum atomic E-state index is -4.69. The highest BCUT2D eigenvalue weighted by Gasteiger charge is 2.27. The molecular formula is C17H16ClN3O5. The minimum absolute atomic E-state index is 0.0852. The average Bonchev–Trinajstić information content (AvgIpc) is 2.59. The van der Waals surface area contributed by atoms with Crippen LogP contribution in [0.5, 0.6) is 0 Å². The van der Waals surface area contributed by atoms with Gasteiger partial charge in [-0.05, 0) is 36.8 Å². The molecule has 2 aliphatic heterocycles. The van der Waals surface area contributed by atoms with Gasteiger partial charge in [-0.25, -0.2) is 0 Å². The van der Waals surface area contributed by atoms with Crippen molar-refractivity contribution >= 4 is 11.6 Å². The quantitative estimate of drug-likeness (QED) is 0.612. The molecule has 26 heavy (non-hydrogen) atoms. The highest BCUT2D eigenvalue weighted by molar-refractivity contribution is 6.01. The summed E-state index contributed by atoms with van der Waals surface area (Å²) in [6, 6.07) is 8.85. The maximum atomic E-state index is 12.5. The van der Waals surface area contributed by atoms with E-state index in [0.717, 1.165) is 5.84 Å². The van der Waals surface area contributed by atoms with Crippen molar-refractivity contribution in [3.8, 4) is 6.07 Å². The number of benzene rings is 1. The van der Waals surface area contributed by atoms with E-state index in [1.807, 2.05) is 30.2 Å². The first-order valence-corrected chi connectivity index (χ1v) is 8.79. The number of fused-ring (bicyclic) bond motifs is 1. The lowest BCUT2D eigenvalue weighted by Crippen LogP contribution is -2.58. The molecule has 1 unspecified atom stereocenters. The molecule has 0 saturated carbocycles. The zero-order chi connectivity index (χ0) is 19.3. The Labute approximate surface area is 152 Å². The molecule has 0 fully saturated rings.